The molecule has 3 heterocycles. The van der Waals surface area contributed by atoms with Gasteiger partial charge in [0, 0.05) is 31.9 Å². The first-order valence-electron chi connectivity index (χ1n) is 9.52. The smallest absolute Gasteiger partial charge is 0.255 e. The van der Waals surface area contributed by atoms with Gasteiger partial charge in [0.25, 0.3) is 5.91 Å². The molecule has 11 heteroatoms. The lowest BCUT2D eigenvalue weighted by Crippen LogP contribution is -2.45. The molecule has 3 rings (SSSR count). The number of likely N-dealkylation sites (tertiary alicyclic amines) is 1. The van der Waals surface area contributed by atoms with Crippen LogP contribution in [-0.2, 0) is 17.9 Å². The number of hydrogen-bond acceptors (Lipinski definition) is 7. The third-order valence-electron chi connectivity index (χ3n) is 5.18. The lowest BCUT2D eigenvalue weighted by Gasteiger charge is -2.32. The van der Waals surface area contributed by atoms with E-state index in [0.29, 0.717) is 25.2 Å². The van der Waals surface area contributed by atoms with Crippen molar-refractivity contribution in [2.45, 2.75) is 46.7 Å². The van der Waals surface area contributed by atoms with Crippen molar-refractivity contribution in [2.24, 2.45) is 5.92 Å². The number of tetrazole rings is 1. The number of hydrogen-bond donors (Lipinski definition) is 2. The minimum atomic E-state index is -0.111. The highest BCUT2D eigenvalue weighted by Gasteiger charge is 2.26. The number of anilines is 1. The molecule has 0 aromatic carbocycles. The number of aromatic nitrogens is 6. The van der Waals surface area contributed by atoms with Crippen LogP contribution in [0.1, 0.15) is 41.5 Å². The monoisotopic (exact) mass is 389 g/mol. The van der Waals surface area contributed by atoms with E-state index in [4.69, 9.17) is 5.73 Å². The Bertz CT molecular complexity index is 857. The van der Waals surface area contributed by atoms with Gasteiger partial charge in [0.2, 0.25) is 11.9 Å². The van der Waals surface area contributed by atoms with E-state index >= 15 is 0 Å². The number of carbonyl (C=O) groups excluding carboxylic acids is 2. The molecule has 1 aliphatic heterocycles. The molecule has 3 N–H and O–H groups in total. The Morgan fingerprint density at radius 2 is 2.07 bits per heavy atom. The summed E-state index contributed by atoms with van der Waals surface area (Å²) in [5, 5.41) is 18.1. The second kappa shape index (κ2) is 8.36. The van der Waals surface area contributed by atoms with Crippen molar-refractivity contribution >= 4 is 17.8 Å². The standard InChI is InChI=1S/C17H27N9O2/c1-4-25-12(3)15(11(2)21-25)16(28)19-8-13-6-5-7-24(9-13)14(27)10-26-17(18)20-22-23-26/h13H,4-10H2,1-3H3,(H,19,28)(H2,18,20,23). The van der Waals surface area contributed by atoms with Gasteiger partial charge in [-0.25, -0.2) is 4.68 Å². The molecular formula is C17H27N9O2. The number of nitrogens with two attached hydrogens (primary N) is 1. The Hall–Kier alpha value is -2.98. The summed E-state index contributed by atoms with van der Waals surface area (Å²) >= 11 is 0. The largest absolute Gasteiger partial charge is 0.367 e. The van der Waals surface area contributed by atoms with Crippen LogP contribution in [0.5, 0.6) is 0 Å². The lowest BCUT2D eigenvalue weighted by atomic mass is 9.97. The Morgan fingerprint density at radius 1 is 1.29 bits per heavy atom. The van der Waals surface area contributed by atoms with Crippen LogP contribution in [0.2, 0.25) is 0 Å². The van der Waals surface area contributed by atoms with E-state index < -0.39 is 0 Å². The first-order chi connectivity index (χ1) is 13.4. The number of amides is 2. The van der Waals surface area contributed by atoms with Gasteiger partial charge in [-0.15, -0.1) is 0 Å². The van der Waals surface area contributed by atoms with Crippen molar-refractivity contribution < 1.29 is 9.59 Å². The Morgan fingerprint density at radius 3 is 2.71 bits per heavy atom. The van der Waals surface area contributed by atoms with Crippen molar-refractivity contribution in [2.75, 3.05) is 25.4 Å². The van der Waals surface area contributed by atoms with Crippen LogP contribution in [0.15, 0.2) is 0 Å². The summed E-state index contributed by atoms with van der Waals surface area (Å²) in [4.78, 5) is 26.9. The van der Waals surface area contributed by atoms with Gasteiger partial charge in [0.15, 0.2) is 0 Å². The SMILES string of the molecule is CCn1nc(C)c(C(=O)NCC2CCCN(C(=O)Cn3nnnc3N)C2)c1C. The summed E-state index contributed by atoms with van der Waals surface area (Å²) < 4.78 is 3.11. The maximum Gasteiger partial charge on any atom is 0.255 e. The molecule has 1 unspecified atom stereocenters. The number of nitrogens with zero attached hydrogens (tertiary/aromatic N) is 7. The second-order valence-corrected chi connectivity index (χ2v) is 7.11. The Balaban J connectivity index is 1.55. The van der Waals surface area contributed by atoms with Gasteiger partial charge >= 0.3 is 0 Å². The fourth-order valence-corrected chi connectivity index (χ4v) is 3.67. The summed E-state index contributed by atoms with van der Waals surface area (Å²) in [5.74, 6) is 0.132. The van der Waals surface area contributed by atoms with Gasteiger partial charge in [-0.3, -0.25) is 14.3 Å². The molecule has 2 aromatic rings. The highest BCUT2D eigenvalue weighted by molar-refractivity contribution is 5.96. The minimum absolute atomic E-state index is 0.0203. The number of aryl methyl sites for hydroxylation is 2. The Kier molecular flexibility index (Phi) is 5.90. The maximum atomic E-state index is 12.6. The Labute approximate surface area is 163 Å². The van der Waals surface area contributed by atoms with Crippen molar-refractivity contribution in [3.05, 3.63) is 17.0 Å². The third kappa shape index (κ3) is 4.12. The van der Waals surface area contributed by atoms with E-state index in [1.807, 2.05) is 25.5 Å². The fourth-order valence-electron chi connectivity index (χ4n) is 3.67. The molecule has 0 bridgehead atoms. The number of nitrogens with one attached hydrogen (secondary N) is 1. The van der Waals surface area contributed by atoms with Crippen LogP contribution >= 0.6 is 0 Å². The van der Waals surface area contributed by atoms with Crippen LogP contribution < -0.4 is 11.1 Å². The van der Waals surface area contributed by atoms with Crippen LogP contribution in [0.3, 0.4) is 0 Å². The normalized spacial score (nSPS) is 17.0. The molecule has 11 nitrogen and oxygen atoms in total. The van der Waals surface area contributed by atoms with Crippen molar-refractivity contribution in [1.82, 2.24) is 40.2 Å². The van der Waals surface area contributed by atoms with Gasteiger partial charge in [-0.2, -0.15) is 5.10 Å². The third-order valence-corrected chi connectivity index (χ3v) is 5.18. The summed E-state index contributed by atoms with van der Waals surface area (Å²) in [7, 11) is 0. The van der Waals surface area contributed by atoms with Crippen LogP contribution in [0.4, 0.5) is 5.95 Å². The summed E-state index contributed by atoms with van der Waals surface area (Å²) in [6.45, 7) is 8.30. The minimum Gasteiger partial charge on any atom is -0.367 e. The topological polar surface area (TPSA) is 137 Å². The van der Waals surface area contributed by atoms with Crippen LogP contribution in [-0.4, -0.2) is 66.3 Å². The number of rotatable bonds is 6. The summed E-state index contributed by atoms with van der Waals surface area (Å²) in [6.07, 6.45) is 1.85. The summed E-state index contributed by atoms with van der Waals surface area (Å²) in [6, 6.07) is 0. The van der Waals surface area contributed by atoms with E-state index in [-0.39, 0.29) is 30.2 Å². The molecule has 1 fully saturated rings. The lowest BCUT2D eigenvalue weighted by molar-refractivity contribution is -0.133. The van der Waals surface area contributed by atoms with E-state index in [1.165, 1.54) is 4.68 Å². The molecule has 2 amide bonds. The average molecular weight is 389 g/mol. The molecule has 1 atom stereocenters. The number of carbonyl (C=O) groups is 2. The maximum absolute atomic E-state index is 12.6. The molecule has 0 aliphatic carbocycles. The molecule has 0 spiro atoms. The van der Waals surface area contributed by atoms with E-state index in [0.717, 1.165) is 30.8 Å². The first-order valence-corrected chi connectivity index (χ1v) is 9.52. The molecule has 1 aliphatic rings. The number of nitrogen functional groups attached to an aromatic ring is 1. The van der Waals surface area contributed by atoms with Gasteiger partial charge in [-0.1, -0.05) is 5.10 Å². The van der Waals surface area contributed by atoms with Crippen molar-refractivity contribution in [3.8, 4) is 0 Å². The highest BCUT2D eigenvalue weighted by Crippen LogP contribution is 2.18. The molecule has 2 aromatic heterocycles. The molecule has 152 valence electrons. The zero-order valence-corrected chi connectivity index (χ0v) is 16.6. The van der Waals surface area contributed by atoms with E-state index in [1.54, 1.807) is 4.90 Å². The van der Waals surface area contributed by atoms with Gasteiger partial charge < -0.3 is 16.0 Å². The predicted molar refractivity (Wildman–Crippen MR) is 101 cm³/mol. The predicted octanol–water partition coefficient (Wildman–Crippen LogP) is -0.243. The zero-order chi connectivity index (χ0) is 20.3. The molecule has 1 saturated heterocycles. The van der Waals surface area contributed by atoms with Crippen molar-refractivity contribution in [3.63, 3.8) is 0 Å². The number of piperidine rings is 1. The zero-order valence-electron chi connectivity index (χ0n) is 16.6. The van der Waals surface area contributed by atoms with Crippen molar-refractivity contribution in [1.29, 1.82) is 0 Å². The summed E-state index contributed by atoms with van der Waals surface area (Å²) in [5.41, 5.74) is 7.86. The fraction of sp³-hybridized carbons (Fsp3) is 0.647. The molecule has 28 heavy (non-hydrogen) atoms. The second-order valence-electron chi connectivity index (χ2n) is 7.11. The molecular weight excluding hydrogens is 362 g/mol. The first kappa shape index (κ1) is 19.8. The van der Waals surface area contributed by atoms with Crippen LogP contribution in [0, 0.1) is 19.8 Å². The highest BCUT2D eigenvalue weighted by atomic mass is 16.2. The van der Waals surface area contributed by atoms with Crippen LogP contribution in [0.25, 0.3) is 0 Å². The average Bonchev–Trinajstić information content (AvgIpc) is 3.22. The molecule has 0 saturated carbocycles. The quantitative estimate of drug-likeness (QED) is 0.695. The van der Waals surface area contributed by atoms with Gasteiger partial charge in [-0.05, 0) is 50.0 Å². The van der Waals surface area contributed by atoms with Gasteiger partial charge in [0.1, 0.15) is 6.54 Å². The molecule has 0 radical (unpaired) electrons. The van der Waals surface area contributed by atoms with Gasteiger partial charge in [0.05, 0.1) is 11.3 Å². The van der Waals surface area contributed by atoms with E-state index in [9.17, 15) is 9.59 Å². The van der Waals surface area contributed by atoms with E-state index in [2.05, 4.69) is 25.9 Å².